The molecule has 0 radical (unpaired) electrons. The van der Waals surface area contributed by atoms with Gasteiger partial charge in [0.2, 0.25) is 5.88 Å². The summed E-state index contributed by atoms with van der Waals surface area (Å²) in [6, 6.07) is 6.64. The molecule has 2 aromatic heterocycles. The Kier molecular flexibility index (Phi) is 7.26. The van der Waals surface area contributed by atoms with Crippen LogP contribution in [0.4, 0.5) is 5.69 Å². The number of anilines is 1. The maximum absolute atomic E-state index is 13.3. The molecule has 11 nitrogen and oxygen atoms in total. The zero-order valence-electron chi connectivity index (χ0n) is 18.2. The third-order valence-corrected chi connectivity index (χ3v) is 6.09. The third kappa shape index (κ3) is 5.10. The van der Waals surface area contributed by atoms with E-state index in [1.807, 2.05) is 0 Å². The smallest absolute Gasteiger partial charge is 0.274 e. The van der Waals surface area contributed by atoms with E-state index >= 15 is 0 Å². The average molecular weight is 584 g/mol. The molecule has 3 aromatic rings. The SMILES string of the molecule is COc1cc(C(=O)Nc2c(Br)cc(Cl)cc2C(=O)NC2CON(C)C2=O)n(-c2ncccc2Cl)n1. The monoisotopic (exact) mass is 582 g/mol. The highest BCUT2D eigenvalue weighted by Crippen LogP contribution is 2.32. The van der Waals surface area contributed by atoms with Crippen molar-refractivity contribution in [2.24, 2.45) is 0 Å². The molecule has 35 heavy (non-hydrogen) atoms. The maximum atomic E-state index is 13.3. The number of nitrogens with one attached hydrogen (secondary N) is 2. The Morgan fingerprint density at radius 3 is 2.69 bits per heavy atom. The van der Waals surface area contributed by atoms with E-state index in [9.17, 15) is 14.4 Å². The van der Waals surface area contributed by atoms with Crippen LogP contribution in [-0.4, -0.2) is 64.4 Å². The number of hydrogen-bond donors (Lipinski definition) is 2. The molecule has 0 bridgehead atoms. The van der Waals surface area contributed by atoms with Crippen molar-refractivity contribution in [3.05, 3.63) is 62.3 Å². The standard InChI is InChI=1S/C21H17BrCl2N6O5/c1-29-21(33)14(9-35-29)26-19(31)11-6-10(23)7-12(22)17(11)27-20(32)15-8-16(34-2)28-30(15)18-13(24)4-3-5-25-18/h3-8,14H,9H2,1-2H3,(H,26,31)(H,27,32). The summed E-state index contributed by atoms with van der Waals surface area (Å²) in [7, 11) is 2.85. The van der Waals surface area contributed by atoms with Crippen LogP contribution < -0.4 is 15.4 Å². The lowest BCUT2D eigenvalue weighted by atomic mass is 10.1. The van der Waals surface area contributed by atoms with Crippen LogP contribution in [0.25, 0.3) is 5.82 Å². The van der Waals surface area contributed by atoms with Crippen molar-refractivity contribution in [1.29, 1.82) is 0 Å². The van der Waals surface area contributed by atoms with Gasteiger partial charge in [-0.1, -0.05) is 23.2 Å². The molecule has 4 rings (SSSR count). The molecule has 3 heterocycles. The number of likely N-dealkylation sites (N-methyl/N-ethyl adjacent to an activating group) is 1. The van der Waals surface area contributed by atoms with E-state index in [2.05, 4.69) is 36.6 Å². The fourth-order valence-corrected chi connectivity index (χ4v) is 4.36. The van der Waals surface area contributed by atoms with Gasteiger partial charge < -0.3 is 15.4 Å². The van der Waals surface area contributed by atoms with E-state index < -0.39 is 23.8 Å². The molecule has 1 atom stereocenters. The fourth-order valence-electron chi connectivity index (χ4n) is 3.25. The second-order valence-corrected chi connectivity index (χ2v) is 8.91. The van der Waals surface area contributed by atoms with Crippen molar-refractivity contribution in [2.45, 2.75) is 6.04 Å². The van der Waals surface area contributed by atoms with Gasteiger partial charge in [-0.3, -0.25) is 19.2 Å². The van der Waals surface area contributed by atoms with E-state index in [1.54, 1.807) is 12.1 Å². The quantitative estimate of drug-likeness (QED) is 0.456. The second kappa shape index (κ2) is 10.2. The largest absolute Gasteiger partial charge is 0.480 e. The molecule has 1 fully saturated rings. The first-order chi connectivity index (χ1) is 16.7. The van der Waals surface area contributed by atoms with Crippen molar-refractivity contribution in [2.75, 3.05) is 26.1 Å². The van der Waals surface area contributed by atoms with Crippen LogP contribution in [0.2, 0.25) is 10.0 Å². The molecule has 14 heteroatoms. The summed E-state index contributed by atoms with van der Waals surface area (Å²) in [6.45, 7) is -0.0195. The predicted molar refractivity (Wildman–Crippen MR) is 130 cm³/mol. The highest BCUT2D eigenvalue weighted by molar-refractivity contribution is 9.10. The lowest BCUT2D eigenvalue weighted by molar-refractivity contribution is -0.154. The Bertz CT molecular complexity index is 1330. The van der Waals surface area contributed by atoms with Gasteiger partial charge in [-0.2, -0.15) is 0 Å². The van der Waals surface area contributed by atoms with Gasteiger partial charge in [0, 0.05) is 28.8 Å². The molecule has 1 saturated heterocycles. The number of hydroxylamine groups is 2. The summed E-state index contributed by atoms with van der Waals surface area (Å²) in [4.78, 5) is 47.8. The summed E-state index contributed by atoms with van der Waals surface area (Å²) >= 11 is 15.7. The molecule has 0 spiro atoms. The minimum Gasteiger partial charge on any atom is -0.480 e. The van der Waals surface area contributed by atoms with Crippen molar-refractivity contribution >= 4 is 62.5 Å². The van der Waals surface area contributed by atoms with Gasteiger partial charge >= 0.3 is 0 Å². The molecule has 1 aromatic carbocycles. The number of pyridine rings is 1. The Balaban J connectivity index is 1.68. The van der Waals surface area contributed by atoms with Crippen molar-refractivity contribution in [1.82, 2.24) is 25.1 Å². The minimum absolute atomic E-state index is 0.0195. The van der Waals surface area contributed by atoms with Gasteiger partial charge in [-0.15, -0.1) is 5.10 Å². The van der Waals surface area contributed by atoms with Crippen LogP contribution in [0.3, 0.4) is 0 Å². The topological polar surface area (TPSA) is 128 Å². The number of ether oxygens (including phenoxy) is 1. The number of methoxy groups -OCH3 is 1. The number of carbonyl (C=O) groups is 3. The first kappa shape index (κ1) is 24.9. The lowest BCUT2D eigenvalue weighted by Gasteiger charge is -2.16. The van der Waals surface area contributed by atoms with Gasteiger partial charge in [-0.05, 0) is 40.2 Å². The molecular weight excluding hydrogens is 567 g/mol. The van der Waals surface area contributed by atoms with E-state index in [0.717, 1.165) is 5.06 Å². The second-order valence-electron chi connectivity index (χ2n) is 7.21. The summed E-state index contributed by atoms with van der Waals surface area (Å²) in [5, 5.41) is 11.0. The first-order valence-corrected chi connectivity index (χ1v) is 11.5. The molecule has 1 aliphatic rings. The Hall–Kier alpha value is -3.19. The number of halogens is 3. The van der Waals surface area contributed by atoms with E-state index in [0.29, 0.717) is 4.47 Å². The zero-order chi connectivity index (χ0) is 25.3. The predicted octanol–water partition coefficient (Wildman–Crippen LogP) is 3.10. The van der Waals surface area contributed by atoms with Crippen LogP contribution in [0.5, 0.6) is 5.88 Å². The average Bonchev–Trinajstić information content (AvgIpc) is 3.39. The van der Waals surface area contributed by atoms with Gasteiger partial charge in [0.15, 0.2) is 5.82 Å². The number of aromatic nitrogens is 3. The summed E-state index contributed by atoms with van der Waals surface area (Å²) in [6.07, 6.45) is 1.50. The summed E-state index contributed by atoms with van der Waals surface area (Å²) in [5.74, 6) is -1.33. The van der Waals surface area contributed by atoms with Crippen LogP contribution in [-0.2, 0) is 9.63 Å². The van der Waals surface area contributed by atoms with Crippen molar-refractivity contribution in [3.63, 3.8) is 0 Å². The first-order valence-electron chi connectivity index (χ1n) is 9.96. The van der Waals surface area contributed by atoms with Gasteiger partial charge in [0.1, 0.15) is 18.3 Å². The van der Waals surface area contributed by atoms with Crippen molar-refractivity contribution < 1.29 is 24.0 Å². The number of rotatable bonds is 6. The van der Waals surface area contributed by atoms with Gasteiger partial charge in [-0.25, -0.2) is 14.7 Å². The number of hydrogen-bond acceptors (Lipinski definition) is 7. The van der Waals surface area contributed by atoms with Gasteiger partial charge in [0.25, 0.3) is 17.7 Å². The van der Waals surface area contributed by atoms with E-state index in [1.165, 1.54) is 43.2 Å². The highest BCUT2D eigenvalue weighted by atomic mass is 79.9. The molecule has 1 unspecified atom stereocenters. The number of carbonyl (C=O) groups excluding carboxylic acids is 3. The number of nitrogens with zero attached hydrogens (tertiary/aromatic N) is 4. The Morgan fingerprint density at radius 2 is 2.03 bits per heavy atom. The zero-order valence-corrected chi connectivity index (χ0v) is 21.3. The molecule has 1 aliphatic heterocycles. The third-order valence-electron chi connectivity index (χ3n) is 4.96. The van der Waals surface area contributed by atoms with Crippen LogP contribution in [0.1, 0.15) is 20.8 Å². The van der Waals surface area contributed by atoms with Crippen LogP contribution in [0, 0.1) is 0 Å². The summed E-state index contributed by atoms with van der Waals surface area (Å²) < 4.78 is 6.73. The molecular formula is C21H17BrCl2N6O5. The molecule has 0 saturated carbocycles. The fraction of sp³-hybridized carbons (Fsp3) is 0.190. The Morgan fingerprint density at radius 1 is 1.26 bits per heavy atom. The molecule has 3 amide bonds. The maximum Gasteiger partial charge on any atom is 0.274 e. The molecule has 2 N–H and O–H groups in total. The lowest BCUT2D eigenvalue weighted by Crippen LogP contribution is -2.42. The van der Waals surface area contributed by atoms with E-state index in [-0.39, 0.29) is 45.3 Å². The minimum atomic E-state index is -0.884. The molecule has 0 aliphatic carbocycles. The normalized spacial score (nSPS) is 15.3. The summed E-state index contributed by atoms with van der Waals surface area (Å²) in [5.41, 5.74) is 0.182. The van der Waals surface area contributed by atoms with Crippen LogP contribution >= 0.6 is 39.1 Å². The molecule has 182 valence electrons. The van der Waals surface area contributed by atoms with Gasteiger partial charge in [0.05, 0.1) is 23.4 Å². The van der Waals surface area contributed by atoms with Crippen LogP contribution in [0.15, 0.2) is 41.0 Å². The highest BCUT2D eigenvalue weighted by Gasteiger charge is 2.33. The number of benzene rings is 1. The van der Waals surface area contributed by atoms with Crippen molar-refractivity contribution in [3.8, 4) is 11.7 Å². The van der Waals surface area contributed by atoms with E-state index in [4.69, 9.17) is 32.8 Å². The Labute approximate surface area is 217 Å². The number of amides is 3.